The Morgan fingerprint density at radius 1 is 1.10 bits per heavy atom. The van der Waals surface area contributed by atoms with E-state index in [9.17, 15) is 4.79 Å². The van der Waals surface area contributed by atoms with Gasteiger partial charge in [-0.1, -0.05) is 41.6 Å². The molecule has 2 aromatic heterocycles. The molecule has 4 aromatic rings. The number of ether oxygens (including phenoxy) is 1. The number of aromatic nitrogens is 4. The number of carbonyl (C=O) groups excluding carboxylic acids is 1. The number of anilines is 1. The number of hydrogen-bond acceptors (Lipinski definition) is 6. The van der Waals surface area contributed by atoms with Crippen LogP contribution in [0.25, 0.3) is 16.9 Å². The molecule has 0 fully saturated rings. The zero-order chi connectivity index (χ0) is 21.1. The van der Waals surface area contributed by atoms with E-state index in [4.69, 9.17) is 4.74 Å². The largest absolute Gasteiger partial charge is 0.497 e. The molecule has 0 radical (unpaired) electrons. The van der Waals surface area contributed by atoms with Gasteiger partial charge in [0.25, 0.3) is 0 Å². The first-order valence-electron chi connectivity index (χ1n) is 9.40. The SMILES string of the molecule is COc1cccc(-c2ccc3nnc(SCC(=O)Nc4ccc(C)cc4C)n3n2)c1. The van der Waals surface area contributed by atoms with Gasteiger partial charge in [-0.15, -0.1) is 10.2 Å². The van der Waals surface area contributed by atoms with Crippen molar-refractivity contribution >= 4 is 29.0 Å². The molecule has 1 amide bonds. The Bertz CT molecular complexity index is 1220. The molecular weight excluding hydrogens is 398 g/mol. The van der Waals surface area contributed by atoms with Crippen molar-refractivity contribution in [3.8, 4) is 17.0 Å². The molecule has 0 saturated carbocycles. The van der Waals surface area contributed by atoms with Crippen LogP contribution in [-0.2, 0) is 4.79 Å². The first kappa shape index (κ1) is 19.9. The van der Waals surface area contributed by atoms with Crippen molar-refractivity contribution in [2.75, 3.05) is 18.2 Å². The van der Waals surface area contributed by atoms with E-state index in [2.05, 4.69) is 20.6 Å². The minimum atomic E-state index is -0.104. The predicted octanol–water partition coefficient (Wildman–Crippen LogP) is 4.15. The minimum absolute atomic E-state index is 0.104. The number of benzene rings is 2. The number of carbonyl (C=O) groups is 1. The highest BCUT2D eigenvalue weighted by molar-refractivity contribution is 7.99. The Morgan fingerprint density at radius 2 is 1.97 bits per heavy atom. The van der Waals surface area contributed by atoms with E-state index >= 15 is 0 Å². The summed E-state index contributed by atoms with van der Waals surface area (Å²) in [6.45, 7) is 4.00. The number of nitrogens with zero attached hydrogens (tertiary/aromatic N) is 4. The fourth-order valence-corrected chi connectivity index (χ4v) is 3.75. The van der Waals surface area contributed by atoms with Crippen LogP contribution in [0.2, 0.25) is 0 Å². The van der Waals surface area contributed by atoms with E-state index < -0.39 is 0 Å². The number of thioether (sulfide) groups is 1. The van der Waals surface area contributed by atoms with E-state index in [1.54, 1.807) is 11.6 Å². The van der Waals surface area contributed by atoms with Crippen LogP contribution in [0.4, 0.5) is 5.69 Å². The number of fused-ring (bicyclic) bond motifs is 1. The molecule has 2 heterocycles. The third-order valence-electron chi connectivity index (χ3n) is 4.59. The zero-order valence-corrected chi connectivity index (χ0v) is 17.7. The topological polar surface area (TPSA) is 81.4 Å². The zero-order valence-electron chi connectivity index (χ0n) is 16.9. The van der Waals surface area contributed by atoms with Gasteiger partial charge >= 0.3 is 0 Å². The number of nitrogens with one attached hydrogen (secondary N) is 1. The predicted molar refractivity (Wildman–Crippen MR) is 118 cm³/mol. The Labute approximate surface area is 178 Å². The summed E-state index contributed by atoms with van der Waals surface area (Å²) in [6, 6.07) is 17.4. The number of amides is 1. The molecule has 4 rings (SSSR count). The number of aryl methyl sites for hydroxylation is 2. The normalized spacial score (nSPS) is 10.9. The highest BCUT2D eigenvalue weighted by atomic mass is 32.2. The van der Waals surface area contributed by atoms with Crippen LogP contribution in [-0.4, -0.2) is 38.6 Å². The molecule has 1 N–H and O–H groups in total. The minimum Gasteiger partial charge on any atom is -0.497 e. The standard InChI is InChI=1S/C22H21N5O2S/c1-14-7-8-18(15(2)11-14)23-21(28)13-30-22-25-24-20-10-9-19(26-27(20)22)16-5-4-6-17(12-16)29-3/h4-12H,13H2,1-3H3,(H,23,28). The Morgan fingerprint density at radius 3 is 2.77 bits per heavy atom. The summed E-state index contributed by atoms with van der Waals surface area (Å²) in [4.78, 5) is 12.4. The van der Waals surface area contributed by atoms with Crippen LogP contribution in [0.1, 0.15) is 11.1 Å². The fourth-order valence-electron chi connectivity index (χ4n) is 3.07. The lowest BCUT2D eigenvalue weighted by atomic mass is 10.1. The lowest BCUT2D eigenvalue weighted by molar-refractivity contribution is -0.113. The summed E-state index contributed by atoms with van der Waals surface area (Å²) in [5, 5.41) is 16.5. The van der Waals surface area contributed by atoms with Gasteiger partial charge in [0.05, 0.1) is 18.6 Å². The van der Waals surface area contributed by atoms with E-state index in [1.807, 2.05) is 68.4 Å². The van der Waals surface area contributed by atoms with Gasteiger partial charge in [0.15, 0.2) is 5.65 Å². The smallest absolute Gasteiger partial charge is 0.234 e. The number of methoxy groups -OCH3 is 1. The molecule has 0 unspecified atom stereocenters. The van der Waals surface area contributed by atoms with Gasteiger partial charge in [0, 0.05) is 11.3 Å². The van der Waals surface area contributed by atoms with Crippen molar-refractivity contribution in [2.24, 2.45) is 0 Å². The molecule has 0 aliphatic heterocycles. The summed E-state index contributed by atoms with van der Waals surface area (Å²) in [7, 11) is 1.63. The van der Waals surface area contributed by atoms with Gasteiger partial charge in [-0.3, -0.25) is 4.79 Å². The van der Waals surface area contributed by atoms with Crippen molar-refractivity contribution in [1.29, 1.82) is 0 Å². The molecule has 0 aliphatic carbocycles. The molecule has 8 heteroatoms. The maximum absolute atomic E-state index is 12.4. The highest BCUT2D eigenvalue weighted by Crippen LogP contribution is 2.24. The molecule has 0 saturated heterocycles. The summed E-state index contributed by atoms with van der Waals surface area (Å²) in [5.74, 6) is 0.864. The van der Waals surface area contributed by atoms with E-state index in [-0.39, 0.29) is 11.7 Å². The summed E-state index contributed by atoms with van der Waals surface area (Å²) >= 11 is 1.29. The van der Waals surface area contributed by atoms with Crippen molar-refractivity contribution in [3.05, 3.63) is 65.7 Å². The first-order valence-corrected chi connectivity index (χ1v) is 10.4. The molecule has 152 valence electrons. The molecular formula is C22H21N5O2S. The third kappa shape index (κ3) is 4.28. The second kappa shape index (κ2) is 8.54. The second-order valence-corrected chi connectivity index (χ2v) is 7.80. The third-order valence-corrected chi connectivity index (χ3v) is 5.51. The van der Waals surface area contributed by atoms with Crippen LogP contribution in [0.3, 0.4) is 0 Å². The lowest BCUT2D eigenvalue weighted by Gasteiger charge is -2.08. The quantitative estimate of drug-likeness (QED) is 0.473. The lowest BCUT2D eigenvalue weighted by Crippen LogP contribution is -2.15. The van der Waals surface area contributed by atoms with Crippen LogP contribution >= 0.6 is 11.8 Å². The molecule has 0 atom stereocenters. The van der Waals surface area contributed by atoms with Crippen molar-refractivity contribution in [1.82, 2.24) is 19.8 Å². The van der Waals surface area contributed by atoms with E-state index in [0.29, 0.717) is 10.8 Å². The summed E-state index contributed by atoms with van der Waals surface area (Å²) in [6.07, 6.45) is 0. The van der Waals surface area contributed by atoms with Crippen molar-refractivity contribution < 1.29 is 9.53 Å². The highest BCUT2D eigenvalue weighted by Gasteiger charge is 2.13. The molecule has 0 bridgehead atoms. The van der Waals surface area contributed by atoms with Gasteiger partial charge in [-0.2, -0.15) is 9.61 Å². The van der Waals surface area contributed by atoms with Crippen LogP contribution in [0, 0.1) is 13.8 Å². The summed E-state index contributed by atoms with van der Waals surface area (Å²) in [5.41, 5.74) is 5.32. The molecule has 30 heavy (non-hydrogen) atoms. The van der Waals surface area contributed by atoms with Crippen molar-refractivity contribution in [3.63, 3.8) is 0 Å². The molecule has 2 aromatic carbocycles. The van der Waals surface area contributed by atoms with Gasteiger partial charge in [-0.25, -0.2) is 0 Å². The van der Waals surface area contributed by atoms with E-state index in [0.717, 1.165) is 33.8 Å². The average molecular weight is 420 g/mol. The van der Waals surface area contributed by atoms with Gasteiger partial charge in [0.2, 0.25) is 11.1 Å². The Hall–Kier alpha value is -3.39. The average Bonchev–Trinajstić information content (AvgIpc) is 3.16. The van der Waals surface area contributed by atoms with Crippen molar-refractivity contribution in [2.45, 2.75) is 19.0 Å². The first-order chi connectivity index (χ1) is 14.5. The van der Waals surface area contributed by atoms with Crippen LogP contribution in [0.15, 0.2) is 59.8 Å². The summed E-state index contributed by atoms with van der Waals surface area (Å²) < 4.78 is 6.95. The molecule has 7 nitrogen and oxygen atoms in total. The second-order valence-electron chi connectivity index (χ2n) is 6.86. The van der Waals surface area contributed by atoms with Gasteiger partial charge in [0.1, 0.15) is 5.75 Å². The maximum atomic E-state index is 12.4. The van der Waals surface area contributed by atoms with Gasteiger partial charge in [-0.05, 0) is 49.7 Å². The number of rotatable bonds is 6. The Balaban J connectivity index is 1.51. The molecule has 0 aliphatic rings. The Kier molecular flexibility index (Phi) is 5.67. The molecule has 0 spiro atoms. The number of hydrogen-bond donors (Lipinski definition) is 1. The van der Waals surface area contributed by atoms with Crippen LogP contribution in [0.5, 0.6) is 5.75 Å². The van der Waals surface area contributed by atoms with Gasteiger partial charge < -0.3 is 10.1 Å². The van der Waals surface area contributed by atoms with Crippen LogP contribution < -0.4 is 10.1 Å². The maximum Gasteiger partial charge on any atom is 0.234 e. The fraction of sp³-hybridized carbons (Fsp3) is 0.182. The van der Waals surface area contributed by atoms with E-state index in [1.165, 1.54) is 11.8 Å². The monoisotopic (exact) mass is 419 g/mol.